The van der Waals surface area contributed by atoms with Gasteiger partial charge in [-0.3, -0.25) is 0 Å². The van der Waals surface area contributed by atoms with Crippen LogP contribution >= 0.6 is 0 Å². The lowest BCUT2D eigenvalue weighted by Crippen LogP contribution is -2.00. The molecule has 0 amide bonds. The summed E-state index contributed by atoms with van der Waals surface area (Å²) in [6.07, 6.45) is 1.43. The molecule has 3 heteroatoms. The summed E-state index contributed by atoms with van der Waals surface area (Å²) in [6, 6.07) is 15.8. The first-order valence-corrected chi connectivity index (χ1v) is 6.81. The molecule has 20 heavy (non-hydrogen) atoms. The molecule has 2 aromatic rings. The normalized spacial score (nSPS) is 11.2. The Bertz CT molecular complexity index is 543. The molecule has 2 aromatic carbocycles. The van der Waals surface area contributed by atoms with Crippen LogP contribution in [0.25, 0.3) is 0 Å². The van der Waals surface area contributed by atoms with Gasteiger partial charge in [-0.2, -0.15) is 0 Å². The van der Waals surface area contributed by atoms with Gasteiger partial charge in [0.15, 0.2) is 0 Å². The van der Waals surface area contributed by atoms with E-state index in [1.165, 1.54) is 0 Å². The third kappa shape index (κ3) is 4.08. The SMILES string of the molecule is [3H]OCc1ccc(OCc2ccccc2)c(CCCO)c1. The molecular formula is C17H20O3. The molecule has 2 rings (SSSR count). The van der Waals surface area contributed by atoms with Gasteiger partial charge in [0, 0.05) is 6.61 Å². The molecular weight excluding hydrogens is 252 g/mol. The second-order valence-corrected chi connectivity index (χ2v) is 4.69. The molecule has 0 fully saturated rings. The van der Waals surface area contributed by atoms with E-state index in [4.69, 9.17) is 11.3 Å². The molecule has 3 nitrogen and oxygen atoms in total. The van der Waals surface area contributed by atoms with Crippen molar-refractivity contribution >= 4 is 0 Å². The molecule has 0 heterocycles. The number of aryl methyl sites for hydroxylation is 1. The molecule has 0 atom stereocenters. The summed E-state index contributed by atoms with van der Waals surface area (Å²) in [5.74, 6) is 0.820. The van der Waals surface area contributed by atoms with Crippen molar-refractivity contribution in [3.8, 4) is 5.75 Å². The van der Waals surface area contributed by atoms with Crippen LogP contribution in [0.1, 0.15) is 23.1 Å². The van der Waals surface area contributed by atoms with Crippen molar-refractivity contribution in [2.45, 2.75) is 26.1 Å². The molecule has 0 bridgehead atoms. The fourth-order valence-electron chi connectivity index (χ4n) is 2.06. The number of aliphatic hydroxyl groups is 2. The maximum absolute atomic E-state index is 9.00. The lowest BCUT2D eigenvalue weighted by atomic mass is 10.1. The van der Waals surface area contributed by atoms with Crippen molar-refractivity contribution in [1.82, 2.24) is 0 Å². The molecule has 0 radical (unpaired) electrons. The van der Waals surface area contributed by atoms with Crippen LogP contribution in [0.5, 0.6) is 5.75 Å². The fraction of sp³-hybridized carbons (Fsp3) is 0.294. The highest BCUT2D eigenvalue weighted by Crippen LogP contribution is 2.23. The van der Waals surface area contributed by atoms with Crippen LogP contribution in [-0.4, -0.2) is 18.3 Å². The monoisotopic (exact) mass is 274 g/mol. The highest BCUT2D eigenvalue weighted by atomic mass is 16.5. The van der Waals surface area contributed by atoms with E-state index in [0.717, 1.165) is 28.9 Å². The number of hydrogen-bond acceptors (Lipinski definition) is 3. The summed E-state index contributed by atoms with van der Waals surface area (Å²) in [7, 11) is 0. The zero-order valence-corrected chi connectivity index (χ0v) is 11.4. The lowest BCUT2D eigenvalue weighted by Gasteiger charge is -2.12. The third-order valence-electron chi connectivity index (χ3n) is 3.13. The van der Waals surface area contributed by atoms with Gasteiger partial charge in [-0.1, -0.05) is 36.4 Å². The number of aliphatic hydroxyl groups excluding tert-OH is 2. The van der Waals surface area contributed by atoms with Crippen molar-refractivity contribution in [3.05, 3.63) is 65.2 Å². The van der Waals surface area contributed by atoms with Crippen LogP contribution in [0.15, 0.2) is 48.5 Å². The first-order valence-electron chi connectivity index (χ1n) is 7.22. The number of hydrogen-bond donors (Lipinski definition) is 2. The second-order valence-electron chi connectivity index (χ2n) is 4.69. The molecule has 106 valence electrons. The van der Waals surface area contributed by atoms with Crippen molar-refractivity contribution in [2.24, 2.45) is 0 Å². The quantitative estimate of drug-likeness (QED) is 0.778. The van der Waals surface area contributed by atoms with Gasteiger partial charge in [-0.05, 0) is 41.7 Å². The van der Waals surface area contributed by atoms with E-state index in [1.54, 1.807) is 0 Å². The molecule has 0 saturated carbocycles. The minimum Gasteiger partial charge on any atom is -0.489 e. The van der Waals surface area contributed by atoms with Crippen LogP contribution in [0.2, 0.25) is 0 Å². The zero-order valence-electron chi connectivity index (χ0n) is 12.4. The van der Waals surface area contributed by atoms with E-state index in [9.17, 15) is 0 Å². The minimum absolute atomic E-state index is 0.150. The van der Waals surface area contributed by atoms with Crippen LogP contribution in [0, 0.1) is 0 Å². The summed E-state index contributed by atoms with van der Waals surface area (Å²) in [5, 5.41) is 13.4. The zero-order chi connectivity index (χ0) is 14.9. The van der Waals surface area contributed by atoms with E-state index >= 15 is 0 Å². The van der Waals surface area contributed by atoms with Crippen molar-refractivity contribution in [2.75, 3.05) is 6.61 Å². The predicted molar refractivity (Wildman–Crippen MR) is 78.5 cm³/mol. The molecule has 0 aromatic heterocycles. The average molecular weight is 274 g/mol. The topological polar surface area (TPSA) is 49.7 Å². The van der Waals surface area contributed by atoms with Crippen LogP contribution in [0.4, 0.5) is 0 Å². The largest absolute Gasteiger partial charge is 0.489 e. The standard InChI is InChI=1S/C17H20O3/c18-10-4-7-16-11-15(12-19)8-9-17(16)20-13-14-5-2-1-3-6-14/h1-3,5-6,8-9,11,18-19H,4,7,10,12-13H2/i19T. The highest BCUT2D eigenvalue weighted by molar-refractivity contribution is 5.37. The molecule has 0 spiro atoms. The van der Waals surface area contributed by atoms with Gasteiger partial charge in [0.05, 0.1) is 6.61 Å². The first kappa shape index (κ1) is 13.2. The van der Waals surface area contributed by atoms with Crippen molar-refractivity contribution < 1.29 is 15.0 Å². The van der Waals surface area contributed by atoms with Crippen LogP contribution < -0.4 is 4.74 Å². The molecule has 0 aliphatic rings. The Morgan fingerprint density at radius 1 is 1.05 bits per heavy atom. The Morgan fingerprint density at radius 3 is 2.65 bits per heavy atom. The molecule has 2 N–H and O–H groups in total. The molecule has 0 aliphatic heterocycles. The average Bonchev–Trinajstić information content (AvgIpc) is 2.53. The summed E-state index contributed by atoms with van der Waals surface area (Å²) in [4.78, 5) is 0. The first-order chi connectivity index (χ1) is 10.3. The van der Waals surface area contributed by atoms with Crippen molar-refractivity contribution in [3.63, 3.8) is 0 Å². The third-order valence-corrected chi connectivity index (χ3v) is 3.13. The van der Waals surface area contributed by atoms with Gasteiger partial charge in [0.2, 0.25) is 1.43 Å². The number of rotatable bonds is 8. The molecule has 0 unspecified atom stereocenters. The van der Waals surface area contributed by atoms with Crippen LogP contribution in [0.3, 0.4) is 0 Å². The fourth-order valence-corrected chi connectivity index (χ4v) is 2.06. The van der Waals surface area contributed by atoms with E-state index in [0.29, 0.717) is 13.0 Å². The minimum atomic E-state index is 0.150. The lowest BCUT2D eigenvalue weighted by molar-refractivity contribution is 0.278. The number of benzene rings is 2. The van der Waals surface area contributed by atoms with Crippen molar-refractivity contribution in [1.29, 1.82) is 1.43 Å². The van der Waals surface area contributed by atoms with E-state index in [-0.39, 0.29) is 13.2 Å². The van der Waals surface area contributed by atoms with E-state index in [2.05, 4.69) is 5.11 Å². The Hall–Kier alpha value is -1.84. The maximum atomic E-state index is 9.00. The van der Waals surface area contributed by atoms with Gasteiger partial charge < -0.3 is 15.0 Å². The van der Waals surface area contributed by atoms with Gasteiger partial charge in [0.25, 0.3) is 0 Å². The number of ether oxygens (including phenoxy) is 1. The summed E-state index contributed by atoms with van der Waals surface area (Å²) in [5.41, 5.74) is 3.09. The summed E-state index contributed by atoms with van der Waals surface area (Å²) in [6.45, 7) is 0.920. The Balaban J connectivity index is 2.09. The predicted octanol–water partition coefficient (Wildman–Crippen LogP) is 2.68. The summed E-state index contributed by atoms with van der Waals surface area (Å²) >= 11 is 0. The second kappa shape index (κ2) is 7.68. The molecule has 0 saturated heterocycles. The van der Waals surface area contributed by atoms with Gasteiger partial charge in [-0.25, -0.2) is 0 Å². The Labute approximate surface area is 121 Å². The Kier molecular flexibility index (Phi) is 5.05. The van der Waals surface area contributed by atoms with Crippen LogP contribution in [-0.2, 0) is 19.6 Å². The highest BCUT2D eigenvalue weighted by Gasteiger charge is 2.05. The van der Waals surface area contributed by atoms with Gasteiger partial charge in [-0.15, -0.1) is 0 Å². The van der Waals surface area contributed by atoms with E-state index < -0.39 is 0 Å². The maximum Gasteiger partial charge on any atom is 0.211 e. The smallest absolute Gasteiger partial charge is 0.211 e. The van der Waals surface area contributed by atoms with Gasteiger partial charge >= 0.3 is 0 Å². The van der Waals surface area contributed by atoms with E-state index in [1.807, 2.05) is 48.5 Å². The summed E-state index contributed by atoms with van der Waals surface area (Å²) < 4.78 is 12.7. The molecule has 0 aliphatic carbocycles. The van der Waals surface area contributed by atoms with Gasteiger partial charge in [0.1, 0.15) is 12.4 Å². The Morgan fingerprint density at radius 2 is 1.90 bits per heavy atom.